The van der Waals surface area contributed by atoms with Crippen LogP contribution in [0.5, 0.6) is 0 Å². The van der Waals surface area contributed by atoms with Crippen LogP contribution in [0.4, 0.5) is 0 Å². The first kappa shape index (κ1) is 11.5. The minimum Gasteiger partial charge on any atom is -0.370 e. The van der Waals surface area contributed by atoms with Crippen molar-refractivity contribution in [2.75, 3.05) is 7.05 Å². The summed E-state index contributed by atoms with van der Waals surface area (Å²) in [5, 5.41) is 0. The van der Waals surface area contributed by atoms with E-state index in [4.69, 9.17) is 5.73 Å². The molecule has 0 saturated heterocycles. The molecule has 16 heavy (non-hydrogen) atoms. The first-order valence-corrected chi connectivity index (χ1v) is 6.31. The van der Waals surface area contributed by atoms with E-state index in [2.05, 4.69) is 18.5 Å². The molecule has 2 N–H and O–H groups in total. The first-order chi connectivity index (χ1) is 7.53. The van der Waals surface area contributed by atoms with Crippen molar-refractivity contribution >= 4 is 5.96 Å². The smallest absolute Gasteiger partial charge is 0.196 e. The fourth-order valence-electron chi connectivity index (χ4n) is 3.01. The molecule has 2 rings (SSSR count). The molecule has 90 valence electrons. The third kappa shape index (κ3) is 1.95. The summed E-state index contributed by atoms with van der Waals surface area (Å²) in [5.74, 6) is 1.42. The van der Waals surface area contributed by atoms with Crippen LogP contribution in [0.1, 0.15) is 45.4 Å². The van der Waals surface area contributed by atoms with Crippen molar-refractivity contribution in [2.45, 2.75) is 51.0 Å². The zero-order valence-electron chi connectivity index (χ0n) is 10.5. The van der Waals surface area contributed by atoms with Gasteiger partial charge in [-0.1, -0.05) is 38.7 Å². The lowest BCUT2D eigenvalue weighted by Gasteiger charge is -2.31. The summed E-state index contributed by atoms with van der Waals surface area (Å²) in [7, 11) is 1.95. The Kier molecular flexibility index (Phi) is 2.96. The van der Waals surface area contributed by atoms with Crippen molar-refractivity contribution in [3.63, 3.8) is 0 Å². The number of nitrogens with two attached hydrogens (primary N) is 1. The lowest BCUT2D eigenvalue weighted by molar-refractivity contribution is 0.286. The molecule has 3 heteroatoms. The molecule has 0 unspecified atom stereocenters. The highest BCUT2D eigenvalue weighted by atomic mass is 15.3. The third-order valence-corrected chi connectivity index (χ3v) is 4.14. The van der Waals surface area contributed by atoms with E-state index in [1.165, 1.54) is 32.1 Å². The van der Waals surface area contributed by atoms with E-state index in [0.29, 0.717) is 5.96 Å². The van der Waals surface area contributed by atoms with Gasteiger partial charge in [0.15, 0.2) is 5.96 Å². The standard InChI is InChI=1S/C13H23N3/c1-10-13(2,15-12(14)16(10)3)9-11-7-5-4-6-8-11/h11H,1,4-9H2,2-3H3,(H2,14,15)/t13-/m1/s1. The van der Waals surface area contributed by atoms with E-state index in [-0.39, 0.29) is 5.54 Å². The maximum Gasteiger partial charge on any atom is 0.196 e. The van der Waals surface area contributed by atoms with Gasteiger partial charge in [-0.05, 0) is 19.3 Å². The second kappa shape index (κ2) is 4.11. The Morgan fingerprint density at radius 3 is 2.56 bits per heavy atom. The van der Waals surface area contributed by atoms with Gasteiger partial charge in [0, 0.05) is 12.7 Å². The largest absolute Gasteiger partial charge is 0.370 e. The molecule has 0 aromatic rings. The van der Waals surface area contributed by atoms with E-state index in [9.17, 15) is 0 Å². The van der Waals surface area contributed by atoms with Gasteiger partial charge in [-0.15, -0.1) is 0 Å². The predicted molar refractivity (Wildman–Crippen MR) is 68.1 cm³/mol. The molecule has 0 bridgehead atoms. The van der Waals surface area contributed by atoms with Crippen LogP contribution in [0, 0.1) is 5.92 Å². The van der Waals surface area contributed by atoms with Crippen molar-refractivity contribution in [2.24, 2.45) is 16.6 Å². The molecule has 0 spiro atoms. The summed E-state index contributed by atoms with van der Waals surface area (Å²) < 4.78 is 0. The number of guanidine groups is 1. The van der Waals surface area contributed by atoms with Crippen molar-refractivity contribution in [1.82, 2.24) is 4.90 Å². The Labute approximate surface area is 98.4 Å². The Morgan fingerprint density at radius 2 is 2.06 bits per heavy atom. The lowest BCUT2D eigenvalue weighted by atomic mass is 9.79. The molecular formula is C13H23N3. The van der Waals surface area contributed by atoms with Crippen molar-refractivity contribution in [1.29, 1.82) is 0 Å². The molecule has 1 aliphatic carbocycles. The van der Waals surface area contributed by atoms with Gasteiger partial charge in [0.25, 0.3) is 0 Å². The van der Waals surface area contributed by atoms with Crippen molar-refractivity contribution in [3.8, 4) is 0 Å². The zero-order chi connectivity index (χ0) is 11.8. The van der Waals surface area contributed by atoms with Crippen molar-refractivity contribution < 1.29 is 0 Å². The van der Waals surface area contributed by atoms with Gasteiger partial charge in [-0.3, -0.25) is 0 Å². The summed E-state index contributed by atoms with van der Waals surface area (Å²) >= 11 is 0. The minimum absolute atomic E-state index is 0.152. The molecular weight excluding hydrogens is 198 g/mol. The van der Waals surface area contributed by atoms with Crippen LogP contribution < -0.4 is 5.73 Å². The Hall–Kier alpha value is -0.990. The first-order valence-electron chi connectivity index (χ1n) is 6.31. The van der Waals surface area contributed by atoms with Crippen LogP contribution in [-0.4, -0.2) is 23.4 Å². The van der Waals surface area contributed by atoms with Gasteiger partial charge in [-0.25, -0.2) is 4.99 Å². The molecule has 0 aromatic carbocycles. The van der Waals surface area contributed by atoms with Gasteiger partial charge >= 0.3 is 0 Å². The Morgan fingerprint density at radius 1 is 1.44 bits per heavy atom. The van der Waals surface area contributed by atoms with E-state index in [1.807, 2.05) is 11.9 Å². The molecule has 1 aliphatic heterocycles. The molecule has 1 fully saturated rings. The molecule has 0 amide bonds. The average Bonchev–Trinajstić information content (AvgIpc) is 2.44. The van der Waals surface area contributed by atoms with E-state index in [1.54, 1.807) is 0 Å². The lowest BCUT2D eigenvalue weighted by Crippen LogP contribution is -2.32. The van der Waals surface area contributed by atoms with Crippen molar-refractivity contribution in [3.05, 3.63) is 12.3 Å². The number of hydrogen-bond acceptors (Lipinski definition) is 3. The third-order valence-electron chi connectivity index (χ3n) is 4.14. The fourth-order valence-corrected chi connectivity index (χ4v) is 3.01. The summed E-state index contributed by atoms with van der Waals surface area (Å²) in [5.41, 5.74) is 6.76. The van der Waals surface area contributed by atoms with Crippen LogP contribution in [-0.2, 0) is 0 Å². The van der Waals surface area contributed by atoms with E-state index in [0.717, 1.165) is 18.0 Å². The highest BCUT2D eigenvalue weighted by Gasteiger charge is 2.38. The van der Waals surface area contributed by atoms with Gasteiger partial charge < -0.3 is 10.6 Å². The maximum atomic E-state index is 5.86. The molecule has 1 heterocycles. The van der Waals surface area contributed by atoms with Crippen LogP contribution in [0.2, 0.25) is 0 Å². The maximum absolute atomic E-state index is 5.86. The molecule has 2 aliphatic rings. The monoisotopic (exact) mass is 221 g/mol. The zero-order valence-corrected chi connectivity index (χ0v) is 10.5. The fraction of sp³-hybridized carbons (Fsp3) is 0.769. The van der Waals surface area contributed by atoms with Crippen LogP contribution in [0.15, 0.2) is 17.3 Å². The van der Waals surface area contributed by atoms with Crippen LogP contribution in [0.25, 0.3) is 0 Å². The molecule has 1 atom stereocenters. The molecule has 1 saturated carbocycles. The molecule has 0 aromatic heterocycles. The summed E-state index contributed by atoms with van der Waals surface area (Å²) in [4.78, 5) is 6.52. The molecule has 3 nitrogen and oxygen atoms in total. The summed E-state index contributed by atoms with van der Waals surface area (Å²) in [6.45, 7) is 6.30. The average molecular weight is 221 g/mol. The number of rotatable bonds is 2. The highest BCUT2D eigenvalue weighted by molar-refractivity contribution is 5.83. The van der Waals surface area contributed by atoms with E-state index < -0.39 is 0 Å². The quantitative estimate of drug-likeness (QED) is 0.778. The van der Waals surface area contributed by atoms with Gasteiger partial charge in [0.05, 0.1) is 0 Å². The second-order valence-corrected chi connectivity index (χ2v) is 5.46. The normalized spacial score (nSPS) is 32.0. The van der Waals surface area contributed by atoms with Gasteiger partial charge in [0.2, 0.25) is 0 Å². The molecule has 0 radical (unpaired) electrons. The number of aliphatic imine (C=N–C) groups is 1. The minimum atomic E-state index is -0.152. The number of nitrogens with zero attached hydrogens (tertiary/aromatic N) is 2. The Bertz CT molecular complexity index is 315. The van der Waals surface area contributed by atoms with Crippen LogP contribution >= 0.6 is 0 Å². The highest BCUT2D eigenvalue weighted by Crippen LogP contribution is 2.38. The summed E-state index contributed by atoms with van der Waals surface area (Å²) in [6, 6.07) is 0. The van der Waals surface area contributed by atoms with Crippen LogP contribution in [0.3, 0.4) is 0 Å². The number of likely N-dealkylation sites (N-methyl/N-ethyl adjacent to an activating group) is 1. The van der Waals surface area contributed by atoms with Gasteiger partial charge in [0.1, 0.15) is 5.54 Å². The summed E-state index contributed by atoms with van der Waals surface area (Å²) in [6.07, 6.45) is 7.96. The van der Waals surface area contributed by atoms with E-state index >= 15 is 0 Å². The number of hydrogen-bond donors (Lipinski definition) is 1. The topological polar surface area (TPSA) is 41.6 Å². The Balaban J connectivity index is 2.05. The SMILES string of the molecule is C=C1N(C)C(N)=N[C@]1(C)CC1CCCCC1. The van der Waals surface area contributed by atoms with Gasteiger partial charge in [-0.2, -0.15) is 0 Å². The second-order valence-electron chi connectivity index (χ2n) is 5.46. The predicted octanol–water partition coefficient (Wildman–Crippen LogP) is 2.49.